The Hall–Kier alpha value is -0.730. The Morgan fingerprint density at radius 2 is 1.89 bits per heavy atom. The predicted molar refractivity (Wildman–Crippen MR) is 76.6 cm³/mol. The van der Waals surface area contributed by atoms with Crippen molar-refractivity contribution in [2.45, 2.75) is 32.6 Å². The first-order valence-electron chi connectivity index (χ1n) is 6.87. The lowest BCUT2D eigenvalue weighted by Gasteiger charge is -2.19. The Morgan fingerprint density at radius 3 is 2.56 bits per heavy atom. The third kappa shape index (κ3) is 4.18. The first-order chi connectivity index (χ1) is 8.75. The molecule has 0 atom stereocenters. The third-order valence-electron chi connectivity index (χ3n) is 3.45. The van der Waals surface area contributed by atoms with Crippen LogP contribution in [0.4, 0.5) is 0 Å². The van der Waals surface area contributed by atoms with Gasteiger partial charge in [0.2, 0.25) is 0 Å². The van der Waals surface area contributed by atoms with Crippen molar-refractivity contribution >= 4 is 11.6 Å². The summed E-state index contributed by atoms with van der Waals surface area (Å²) in [5.41, 5.74) is 1.17. The van der Waals surface area contributed by atoms with Crippen molar-refractivity contribution in [1.29, 1.82) is 0 Å². The van der Waals surface area contributed by atoms with Crippen LogP contribution in [-0.4, -0.2) is 31.1 Å². The molecule has 18 heavy (non-hydrogen) atoms. The summed E-state index contributed by atoms with van der Waals surface area (Å²) < 4.78 is 5.76. The molecule has 0 aliphatic carbocycles. The van der Waals surface area contributed by atoms with Gasteiger partial charge < -0.3 is 4.74 Å². The van der Waals surface area contributed by atoms with Crippen LogP contribution in [0.1, 0.15) is 31.2 Å². The van der Waals surface area contributed by atoms with Gasteiger partial charge in [0.15, 0.2) is 0 Å². The Bertz CT molecular complexity index is 373. The fourth-order valence-corrected chi connectivity index (χ4v) is 2.66. The van der Waals surface area contributed by atoms with Gasteiger partial charge in [-0.25, -0.2) is 0 Å². The number of rotatable bonds is 4. The summed E-state index contributed by atoms with van der Waals surface area (Å²) in [7, 11) is 0. The molecule has 1 aliphatic heterocycles. The lowest BCUT2D eigenvalue weighted by atomic mass is 10.2. The summed E-state index contributed by atoms with van der Waals surface area (Å²) >= 11 is 6.14. The van der Waals surface area contributed by atoms with Crippen molar-refractivity contribution in [2.75, 3.05) is 26.2 Å². The number of hydrogen-bond acceptors (Lipinski definition) is 2. The van der Waals surface area contributed by atoms with Crippen LogP contribution >= 0.6 is 11.6 Å². The normalized spacial score (nSPS) is 17.4. The minimum atomic E-state index is 0.714. The van der Waals surface area contributed by atoms with E-state index >= 15 is 0 Å². The van der Waals surface area contributed by atoms with E-state index in [1.807, 2.05) is 25.1 Å². The Labute approximate surface area is 115 Å². The summed E-state index contributed by atoms with van der Waals surface area (Å²) in [6.07, 6.45) is 5.40. The van der Waals surface area contributed by atoms with Crippen molar-refractivity contribution in [3.63, 3.8) is 0 Å². The molecular weight excluding hydrogens is 246 g/mol. The van der Waals surface area contributed by atoms with E-state index in [2.05, 4.69) is 4.90 Å². The standard InChI is InChI=1S/C15H22ClNO/c1-13-6-7-15(14(16)12-13)18-11-10-17-8-4-2-3-5-9-17/h6-7,12H,2-5,8-11H2,1H3. The molecule has 1 aromatic carbocycles. The molecule has 1 aliphatic rings. The lowest BCUT2D eigenvalue weighted by Crippen LogP contribution is -2.29. The zero-order chi connectivity index (χ0) is 12.8. The van der Waals surface area contributed by atoms with Crippen molar-refractivity contribution < 1.29 is 4.74 Å². The van der Waals surface area contributed by atoms with Gasteiger partial charge in [0.1, 0.15) is 12.4 Å². The van der Waals surface area contributed by atoms with Gasteiger partial charge in [-0.3, -0.25) is 4.90 Å². The highest BCUT2D eigenvalue weighted by Gasteiger charge is 2.09. The molecule has 0 radical (unpaired) electrons. The molecule has 100 valence electrons. The zero-order valence-electron chi connectivity index (χ0n) is 11.1. The first-order valence-corrected chi connectivity index (χ1v) is 7.25. The van der Waals surface area contributed by atoms with E-state index in [0.717, 1.165) is 18.9 Å². The number of halogens is 1. The van der Waals surface area contributed by atoms with Crippen LogP contribution in [0, 0.1) is 6.92 Å². The molecule has 0 unspecified atom stereocenters. The highest BCUT2D eigenvalue weighted by molar-refractivity contribution is 6.32. The smallest absolute Gasteiger partial charge is 0.137 e. The van der Waals surface area contributed by atoms with Crippen molar-refractivity contribution in [1.82, 2.24) is 4.90 Å². The summed E-state index contributed by atoms with van der Waals surface area (Å²) in [6, 6.07) is 5.94. The maximum atomic E-state index is 6.14. The Kier molecular flexibility index (Phi) is 5.33. The molecule has 1 heterocycles. The molecule has 2 nitrogen and oxygen atoms in total. The summed E-state index contributed by atoms with van der Waals surface area (Å²) in [5, 5.41) is 0.714. The Morgan fingerprint density at radius 1 is 1.17 bits per heavy atom. The largest absolute Gasteiger partial charge is 0.491 e. The number of aryl methyl sites for hydroxylation is 1. The molecule has 0 amide bonds. The van der Waals surface area contributed by atoms with Crippen molar-refractivity contribution in [2.24, 2.45) is 0 Å². The predicted octanol–water partition coefficient (Wildman–Crippen LogP) is 3.90. The monoisotopic (exact) mass is 267 g/mol. The summed E-state index contributed by atoms with van der Waals surface area (Å²) in [5.74, 6) is 0.803. The van der Waals surface area contributed by atoms with Gasteiger partial charge in [0.05, 0.1) is 5.02 Å². The second-order valence-electron chi connectivity index (χ2n) is 5.04. The Balaban J connectivity index is 1.77. The molecule has 2 rings (SSSR count). The van der Waals surface area contributed by atoms with Gasteiger partial charge in [-0.15, -0.1) is 0 Å². The van der Waals surface area contributed by atoms with E-state index < -0.39 is 0 Å². The van der Waals surface area contributed by atoms with Crippen LogP contribution in [-0.2, 0) is 0 Å². The number of nitrogens with zero attached hydrogens (tertiary/aromatic N) is 1. The maximum Gasteiger partial charge on any atom is 0.137 e. The third-order valence-corrected chi connectivity index (χ3v) is 3.75. The highest BCUT2D eigenvalue weighted by Crippen LogP contribution is 2.25. The van der Waals surface area contributed by atoms with Crippen LogP contribution in [0.2, 0.25) is 5.02 Å². The molecule has 1 aromatic rings. The maximum absolute atomic E-state index is 6.14. The number of hydrogen-bond donors (Lipinski definition) is 0. The molecular formula is C15H22ClNO. The van der Waals surface area contributed by atoms with Crippen molar-refractivity contribution in [3.8, 4) is 5.75 Å². The second kappa shape index (κ2) is 7.01. The number of ether oxygens (including phenoxy) is 1. The summed E-state index contributed by atoms with van der Waals surface area (Å²) in [4.78, 5) is 2.50. The topological polar surface area (TPSA) is 12.5 Å². The van der Waals surface area contributed by atoms with Gasteiger partial charge in [-0.05, 0) is 50.6 Å². The minimum Gasteiger partial charge on any atom is -0.491 e. The van der Waals surface area contributed by atoms with E-state index in [-0.39, 0.29) is 0 Å². The van der Waals surface area contributed by atoms with Gasteiger partial charge >= 0.3 is 0 Å². The number of likely N-dealkylation sites (tertiary alicyclic amines) is 1. The van der Waals surface area contributed by atoms with Crippen LogP contribution in [0.25, 0.3) is 0 Å². The molecule has 1 fully saturated rings. The number of benzene rings is 1. The van der Waals surface area contributed by atoms with Gasteiger partial charge in [0, 0.05) is 6.54 Å². The second-order valence-corrected chi connectivity index (χ2v) is 5.45. The van der Waals surface area contributed by atoms with E-state index in [1.165, 1.54) is 44.3 Å². The van der Waals surface area contributed by atoms with Gasteiger partial charge in [-0.2, -0.15) is 0 Å². The van der Waals surface area contributed by atoms with Gasteiger partial charge in [-0.1, -0.05) is 30.5 Å². The fraction of sp³-hybridized carbons (Fsp3) is 0.600. The average Bonchev–Trinajstić information content (AvgIpc) is 2.60. The van der Waals surface area contributed by atoms with E-state index in [9.17, 15) is 0 Å². The van der Waals surface area contributed by atoms with Crippen LogP contribution < -0.4 is 4.74 Å². The fourth-order valence-electron chi connectivity index (χ4n) is 2.37. The molecule has 0 N–H and O–H groups in total. The summed E-state index contributed by atoms with van der Waals surface area (Å²) in [6.45, 7) is 6.19. The minimum absolute atomic E-state index is 0.714. The molecule has 1 saturated heterocycles. The molecule has 3 heteroatoms. The van der Waals surface area contributed by atoms with Crippen LogP contribution in [0.15, 0.2) is 18.2 Å². The lowest BCUT2D eigenvalue weighted by molar-refractivity contribution is 0.214. The van der Waals surface area contributed by atoms with Crippen molar-refractivity contribution in [3.05, 3.63) is 28.8 Å². The van der Waals surface area contributed by atoms with E-state index in [4.69, 9.17) is 16.3 Å². The molecule has 0 saturated carbocycles. The quantitative estimate of drug-likeness (QED) is 0.820. The molecule has 0 aromatic heterocycles. The van der Waals surface area contributed by atoms with Crippen LogP contribution in [0.5, 0.6) is 5.75 Å². The molecule has 0 bridgehead atoms. The van der Waals surface area contributed by atoms with E-state index in [0.29, 0.717) is 5.02 Å². The van der Waals surface area contributed by atoms with Gasteiger partial charge in [0.25, 0.3) is 0 Å². The first kappa shape index (κ1) is 13.7. The van der Waals surface area contributed by atoms with E-state index in [1.54, 1.807) is 0 Å². The molecule has 0 spiro atoms. The highest BCUT2D eigenvalue weighted by atomic mass is 35.5. The zero-order valence-corrected chi connectivity index (χ0v) is 11.9. The average molecular weight is 268 g/mol. The van der Waals surface area contributed by atoms with Crippen LogP contribution in [0.3, 0.4) is 0 Å². The SMILES string of the molecule is Cc1ccc(OCCN2CCCCCC2)c(Cl)c1.